The van der Waals surface area contributed by atoms with Crippen LogP contribution in [0.15, 0.2) is 22.7 Å². The van der Waals surface area contributed by atoms with Crippen LogP contribution in [-0.4, -0.2) is 24.8 Å². The second kappa shape index (κ2) is 4.55. The maximum absolute atomic E-state index is 13.1. The van der Waals surface area contributed by atoms with Gasteiger partial charge in [-0.3, -0.25) is 5.41 Å². The van der Waals surface area contributed by atoms with Crippen LogP contribution in [0.3, 0.4) is 0 Å². The van der Waals surface area contributed by atoms with Crippen LogP contribution in [0.5, 0.6) is 0 Å². The fourth-order valence-corrected chi connectivity index (χ4v) is 1.25. The summed E-state index contributed by atoms with van der Waals surface area (Å²) in [7, 11) is 3.61. The topological polar surface area (TPSA) is 27.1 Å². The van der Waals surface area contributed by atoms with Gasteiger partial charge in [-0.25, -0.2) is 4.39 Å². The van der Waals surface area contributed by atoms with Gasteiger partial charge in [-0.2, -0.15) is 0 Å². The average Bonchev–Trinajstić information content (AvgIpc) is 2.11. The zero-order chi connectivity index (χ0) is 10.7. The van der Waals surface area contributed by atoms with Crippen molar-refractivity contribution in [2.45, 2.75) is 6.42 Å². The molecule has 0 bridgehead atoms. The normalized spacial score (nSPS) is 10.0. The maximum atomic E-state index is 13.1. The highest BCUT2D eigenvalue weighted by Gasteiger charge is 2.04. The number of benzene rings is 1. The third kappa shape index (κ3) is 2.80. The Morgan fingerprint density at radius 3 is 2.64 bits per heavy atom. The number of amidine groups is 1. The van der Waals surface area contributed by atoms with Gasteiger partial charge in [0.1, 0.15) is 5.82 Å². The van der Waals surface area contributed by atoms with Gasteiger partial charge < -0.3 is 4.90 Å². The zero-order valence-corrected chi connectivity index (χ0v) is 9.73. The Morgan fingerprint density at radius 1 is 1.50 bits per heavy atom. The van der Waals surface area contributed by atoms with Crippen molar-refractivity contribution in [1.82, 2.24) is 4.90 Å². The first-order valence-electron chi connectivity index (χ1n) is 4.19. The first-order chi connectivity index (χ1) is 6.50. The minimum Gasteiger partial charge on any atom is -0.366 e. The van der Waals surface area contributed by atoms with Crippen molar-refractivity contribution in [1.29, 1.82) is 5.41 Å². The van der Waals surface area contributed by atoms with Crippen molar-refractivity contribution in [2.75, 3.05) is 14.1 Å². The molecule has 0 radical (unpaired) electrons. The van der Waals surface area contributed by atoms with E-state index in [1.54, 1.807) is 25.1 Å². The average molecular weight is 259 g/mol. The second-order valence-corrected chi connectivity index (χ2v) is 4.12. The molecule has 0 aliphatic rings. The molecule has 0 spiro atoms. The SMILES string of the molecule is CN(C)C(=N)Cc1ccc(Br)c(F)c1. The van der Waals surface area contributed by atoms with E-state index in [9.17, 15) is 4.39 Å². The summed E-state index contributed by atoms with van der Waals surface area (Å²) < 4.78 is 13.6. The molecule has 1 N–H and O–H groups in total. The predicted octanol–water partition coefficient (Wildman–Crippen LogP) is 2.67. The minimum atomic E-state index is -0.283. The second-order valence-electron chi connectivity index (χ2n) is 3.27. The highest BCUT2D eigenvalue weighted by Crippen LogP contribution is 2.16. The van der Waals surface area contributed by atoms with Crippen LogP contribution in [0.2, 0.25) is 0 Å². The molecular formula is C10H12BrFN2. The summed E-state index contributed by atoms with van der Waals surface area (Å²) in [6.07, 6.45) is 0.456. The molecule has 2 nitrogen and oxygen atoms in total. The van der Waals surface area contributed by atoms with E-state index in [4.69, 9.17) is 5.41 Å². The van der Waals surface area contributed by atoms with Crippen molar-refractivity contribution < 1.29 is 4.39 Å². The molecule has 14 heavy (non-hydrogen) atoms. The first-order valence-corrected chi connectivity index (χ1v) is 4.98. The van der Waals surface area contributed by atoms with Crippen molar-refractivity contribution in [3.8, 4) is 0 Å². The highest BCUT2D eigenvalue weighted by molar-refractivity contribution is 9.10. The van der Waals surface area contributed by atoms with E-state index in [-0.39, 0.29) is 5.82 Å². The molecular weight excluding hydrogens is 247 g/mol. The molecule has 0 saturated heterocycles. The fraction of sp³-hybridized carbons (Fsp3) is 0.300. The number of nitrogens with one attached hydrogen (secondary N) is 1. The van der Waals surface area contributed by atoms with Crippen molar-refractivity contribution >= 4 is 21.8 Å². The minimum absolute atomic E-state index is 0.283. The lowest BCUT2D eigenvalue weighted by Gasteiger charge is -2.13. The lowest BCUT2D eigenvalue weighted by molar-refractivity contribution is 0.601. The summed E-state index contributed by atoms with van der Waals surface area (Å²) in [6.45, 7) is 0. The smallest absolute Gasteiger partial charge is 0.137 e. The van der Waals surface area contributed by atoms with E-state index in [1.165, 1.54) is 6.07 Å². The summed E-state index contributed by atoms with van der Waals surface area (Å²) >= 11 is 3.09. The molecule has 0 saturated carbocycles. The number of rotatable bonds is 2. The van der Waals surface area contributed by atoms with Gasteiger partial charge in [0.25, 0.3) is 0 Å². The fourth-order valence-electron chi connectivity index (χ4n) is 1.00. The maximum Gasteiger partial charge on any atom is 0.137 e. The molecule has 0 heterocycles. The Balaban J connectivity index is 2.78. The summed E-state index contributed by atoms with van der Waals surface area (Å²) in [5.74, 6) is 0.181. The van der Waals surface area contributed by atoms with Crippen LogP contribution in [0.25, 0.3) is 0 Å². The molecule has 0 amide bonds. The van der Waals surface area contributed by atoms with E-state index in [0.29, 0.717) is 16.7 Å². The summed E-state index contributed by atoms with van der Waals surface area (Å²) in [5, 5.41) is 7.60. The number of hydrogen-bond donors (Lipinski definition) is 1. The van der Waals surface area contributed by atoms with Gasteiger partial charge in [0.2, 0.25) is 0 Å². The van der Waals surface area contributed by atoms with Gasteiger partial charge in [0, 0.05) is 20.5 Å². The molecule has 1 aromatic carbocycles. The quantitative estimate of drug-likeness (QED) is 0.641. The molecule has 0 aromatic heterocycles. The van der Waals surface area contributed by atoms with Crippen LogP contribution in [0, 0.1) is 11.2 Å². The molecule has 1 aromatic rings. The van der Waals surface area contributed by atoms with Crippen molar-refractivity contribution in [2.24, 2.45) is 0 Å². The number of nitrogens with zero attached hydrogens (tertiary/aromatic N) is 1. The Labute approximate surface area is 91.4 Å². The molecule has 76 valence electrons. The molecule has 0 fully saturated rings. The van der Waals surface area contributed by atoms with Crippen LogP contribution >= 0.6 is 15.9 Å². The monoisotopic (exact) mass is 258 g/mol. The van der Waals surface area contributed by atoms with Gasteiger partial charge in [-0.15, -0.1) is 0 Å². The molecule has 1 rings (SSSR count). The van der Waals surface area contributed by atoms with Gasteiger partial charge >= 0.3 is 0 Å². The predicted molar refractivity (Wildman–Crippen MR) is 59.2 cm³/mol. The summed E-state index contributed by atoms with van der Waals surface area (Å²) in [5.41, 5.74) is 0.810. The Morgan fingerprint density at radius 2 is 2.14 bits per heavy atom. The van der Waals surface area contributed by atoms with E-state index in [0.717, 1.165) is 5.56 Å². The third-order valence-electron chi connectivity index (χ3n) is 1.90. The van der Waals surface area contributed by atoms with Crippen LogP contribution in [-0.2, 0) is 6.42 Å². The number of likely N-dealkylation sites (N-methyl/N-ethyl adjacent to an activating group) is 1. The number of halogens is 2. The Hall–Kier alpha value is -0.900. The van der Waals surface area contributed by atoms with Crippen LogP contribution < -0.4 is 0 Å². The summed E-state index contributed by atoms with van der Waals surface area (Å²) in [4.78, 5) is 1.71. The Bertz CT molecular complexity index is 350. The van der Waals surface area contributed by atoms with Crippen LogP contribution in [0.1, 0.15) is 5.56 Å². The molecule has 0 aliphatic carbocycles. The highest BCUT2D eigenvalue weighted by atomic mass is 79.9. The van der Waals surface area contributed by atoms with E-state index < -0.39 is 0 Å². The molecule has 0 aliphatic heterocycles. The molecule has 0 atom stereocenters. The first kappa shape index (κ1) is 11.2. The Kier molecular flexibility index (Phi) is 3.63. The van der Waals surface area contributed by atoms with Gasteiger partial charge in [0.05, 0.1) is 10.3 Å². The van der Waals surface area contributed by atoms with E-state index in [2.05, 4.69) is 15.9 Å². The van der Waals surface area contributed by atoms with Gasteiger partial charge in [0.15, 0.2) is 0 Å². The lowest BCUT2D eigenvalue weighted by atomic mass is 10.1. The van der Waals surface area contributed by atoms with E-state index in [1.807, 2.05) is 6.07 Å². The molecule has 4 heteroatoms. The van der Waals surface area contributed by atoms with Crippen LogP contribution in [0.4, 0.5) is 4.39 Å². The van der Waals surface area contributed by atoms with Gasteiger partial charge in [-0.1, -0.05) is 6.07 Å². The van der Waals surface area contributed by atoms with Gasteiger partial charge in [-0.05, 0) is 33.6 Å². The lowest BCUT2D eigenvalue weighted by Crippen LogP contribution is -2.22. The summed E-state index contributed by atoms with van der Waals surface area (Å²) in [6, 6.07) is 4.92. The largest absolute Gasteiger partial charge is 0.366 e. The van der Waals surface area contributed by atoms with Crippen molar-refractivity contribution in [3.63, 3.8) is 0 Å². The zero-order valence-electron chi connectivity index (χ0n) is 8.14. The van der Waals surface area contributed by atoms with Crippen molar-refractivity contribution in [3.05, 3.63) is 34.1 Å². The van der Waals surface area contributed by atoms with E-state index >= 15 is 0 Å². The third-order valence-corrected chi connectivity index (χ3v) is 2.54. The number of hydrogen-bond acceptors (Lipinski definition) is 1. The standard InChI is InChI=1S/C10H12BrFN2/c1-14(2)10(13)6-7-3-4-8(11)9(12)5-7/h3-5,13H,6H2,1-2H3. The molecule has 0 unspecified atom stereocenters.